The van der Waals surface area contributed by atoms with Crippen LogP contribution in [0.5, 0.6) is 11.5 Å². The number of hydrogen-bond acceptors (Lipinski definition) is 6. The lowest BCUT2D eigenvalue weighted by Crippen LogP contribution is -2.09. The fraction of sp³-hybridized carbons (Fsp3) is 0.238. The van der Waals surface area contributed by atoms with Gasteiger partial charge in [-0.15, -0.1) is 0 Å². The van der Waals surface area contributed by atoms with Gasteiger partial charge in [0.1, 0.15) is 11.6 Å². The highest BCUT2D eigenvalue weighted by Crippen LogP contribution is 2.27. The zero-order chi connectivity index (χ0) is 19.8. The van der Waals surface area contributed by atoms with Crippen LogP contribution in [-0.2, 0) is 13.0 Å². The summed E-state index contributed by atoms with van der Waals surface area (Å²) >= 11 is 0. The average Bonchev–Trinajstić information content (AvgIpc) is 2.74. The molecular formula is C21H23FN4O2. The van der Waals surface area contributed by atoms with Crippen LogP contribution in [0.1, 0.15) is 11.1 Å². The van der Waals surface area contributed by atoms with Gasteiger partial charge in [0, 0.05) is 19.3 Å². The average molecular weight is 382 g/mol. The van der Waals surface area contributed by atoms with Crippen LogP contribution >= 0.6 is 0 Å². The Labute approximate surface area is 163 Å². The molecule has 2 N–H and O–H groups in total. The van der Waals surface area contributed by atoms with Crippen molar-refractivity contribution < 1.29 is 13.9 Å². The molecule has 0 aliphatic heterocycles. The predicted octanol–water partition coefficient (Wildman–Crippen LogP) is 3.90. The summed E-state index contributed by atoms with van der Waals surface area (Å²) in [5.74, 6) is 2.41. The minimum absolute atomic E-state index is 0.228. The van der Waals surface area contributed by atoms with E-state index in [1.54, 1.807) is 32.5 Å². The molecule has 0 bridgehead atoms. The van der Waals surface area contributed by atoms with Crippen LogP contribution in [0.3, 0.4) is 0 Å². The van der Waals surface area contributed by atoms with Gasteiger partial charge in [-0.2, -0.15) is 4.98 Å². The summed E-state index contributed by atoms with van der Waals surface area (Å²) in [4.78, 5) is 8.69. The van der Waals surface area contributed by atoms with E-state index in [9.17, 15) is 4.39 Å². The molecule has 0 aliphatic rings. The van der Waals surface area contributed by atoms with E-state index in [1.165, 1.54) is 12.1 Å². The normalized spacial score (nSPS) is 10.4. The third-order valence-electron chi connectivity index (χ3n) is 4.19. The Kier molecular flexibility index (Phi) is 6.62. The first-order valence-corrected chi connectivity index (χ1v) is 8.94. The van der Waals surface area contributed by atoms with Gasteiger partial charge < -0.3 is 20.1 Å². The Morgan fingerprint density at radius 3 is 2.39 bits per heavy atom. The third kappa shape index (κ3) is 5.33. The molecule has 0 unspecified atom stereocenters. The molecule has 3 rings (SSSR count). The van der Waals surface area contributed by atoms with Crippen molar-refractivity contribution in [3.8, 4) is 11.5 Å². The number of halogens is 1. The summed E-state index contributed by atoms with van der Waals surface area (Å²) in [5, 5.41) is 6.46. The van der Waals surface area contributed by atoms with Crippen LogP contribution < -0.4 is 20.1 Å². The van der Waals surface area contributed by atoms with Crippen molar-refractivity contribution in [1.29, 1.82) is 0 Å². The molecule has 0 saturated carbocycles. The van der Waals surface area contributed by atoms with E-state index >= 15 is 0 Å². The third-order valence-corrected chi connectivity index (χ3v) is 4.19. The highest BCUT2D eigenvalue weighted by molar-refractivity contribution is 5.45. The molecule has 6 nitrogen and oxygen atoms in total. The van der Waals surface area contributed by atoms with Crippen molar-refractivity contribution in [3.63, 3.8) is 0 Å². The first kappa shape index (κ1) is 19.4. The van der Waals surface area contributed by atoms with Crippen LogP contribution in [-0.4, -0.2) is 30.7 Å². The fourth-order valence-electron chi connectivity index (χ4n) is 2.70. The first-order chi connectivity index (χ1) is 13.7. The number of anilines is 2. The first-order valence-electron chi connectivity index (χ1n) is 8.94. The molecule has 0 spiro atoms. The van der Waals surface area contributed by atoms with Gasteiger partial charge in [0.25, 0.3) is 0 Å². The second kappa shape index (κ2) is 9.55. The molecule has 7 heteroatoms. The quantitative estimate of drug-likeness (QED) is 0.585. The summed E-state index contributed by atoms with van der Waals surface area (Å²) in [6.07, 6.45) is 2.46. The minimum Gasteiger partial charge on any atom is -0.493 e. The highest BCUT2D eigenvalue weighted by Gasteiger charge is 2.05. The highest BCUT2D eigenvalue weighted by atomic mass is 19.1. The van der Waals surface area contributed by atoms with Crippen molar-refractivity contribution in [3.05, 3.63) is 71.7 Å². The zero-order valence-electron chi connectivity index (χ0n) is 15.9. The molecular weight excluding hydrogens is 359 g/mol. The Morgan fingerprint density at radius 1 is 0.893 bits per heavy atom. The van der Waals surface area contributed by atoms with Crippen molar-refractivity contribution in [2.45, 2.75) is 13.0 Å². The lowest BCUT2D eigenvalue weighted by molar-refractivity contribution is 0.354. The summed E-state index contributed by atoms with van der Waals surface area (Å²) < 4.78 is 23.5. The van der Waals surface area contributed by atoms with E-state index < -0.39 is 0 Å². The Hall–Kier alpha value is -3.35. The van der Waals surface area contributed by atoms with Gasteiger partial charge in [-0.05, 0) is 47.9 Å². The number of nitrogens with zero attached hydrogens (tertiary/aromatic N) is 2. The van der Waals surface area contributed by atoms with Gasteiger partial charge >= 0.3 is 0 Å². The molecule has 0 aliphatic carbocycles. The molecule has 2 aromatic carbocycles. The van der Waals surface area contributed by atoms with E-state index in [1.807, 2.05) is 24.3 Å². The molecule has 0 radical (unpaired) electrons. The molecule has 0 saturated heterocycles. The van der Waals surface area contributed by atoms with Crippen molar-refractivity contribution in [2.24, 2.45) is 0 Å². The fourth-order valence-corrected chi connectivity index (χ4v) is 2.70. The predicted molar refractivity (Wildman–Crippen MR) is 107 cm³/mol. The van der Waals surface area contributed by atoms with Crippen LogP contribution in [0.4, 0.5) is 16.2 Å². The zero-order valence-corrected chi connectivity index (χ0v) is 15.9. The lowest BCUT2D eigenvalue weighted by atomic mass is 10.1. The van der Waals surface area contributed by atoms with Gasteiger partial charge in [0.2, 0.25) is 5.95 Å². The number of nitrogens with one attached hydrogen (secondary N) is 2. The smallest absolute Gasteiger partial charge is 0.224 e. The van der Waals surface area contributed by atoms with E-state index in [0.29, 0.717) is 36.4 Å². The van der Waals surface area contributed by atoms with Gasteiger partial charge in [-0.1, -0.05) is 18.2 Å². The second-order valence-corrected chi connectivity index (χ2v) is 6.11. The van der Waals surface area contributed by atoms with Crippen LogP contribution in [0, 0.1) is 5.82 Å². The van der Waals surface area contributed by atoms with Crippen molar-refractivity contribution in [2.75, 3.05) is 31.4 Å². The van der Waals surface area contributed by atoms with Crippen LogP contribution in [0.2, 0.25) is 0 Å². The van der Waals surface area contributed by atoms with Crippen LogP contribution in [0.15, 0.2) is 54.7 Å². The Morgan fingerprint density at radius 2 is 1.64 bits per heavy atom. The molecule has 0 fully saturated rings. The van der Waals surface area contributed by atoms with Gasteiger partial charge in [-0.3, -0.25) is 0 Å². The molecule has 146 valence electrons. The number of ether oxygens (including phenoxy) is 2. The minimum atomic E-state index is -0.228. The molecule has 28 heavy (non-hydrogen) atoms. The largest absolute Gasteiger partial charge is 0.493 e. The summed E-state index contributed by atoms with van der Waals surface area (Å²) in [6.45, 7) is 1.25. The second-order valence-electron chi connectivity index (χ2n) is 6.11. The molecule has 1 aromatic heterocycles. The maximum absolute atomic E-state index is 12.9. The van der Waals surface area contributed by atoms with Crippen molar-refractivity contribution >= 4 is 11.8 Å². The maximum atomic E-state index is 12.9. The van der Waals surface area contributed by atoms with Gasteiger partial charge in [0.15, 0.2) is 11.5 Å². The number of methoxy groups -OCH3 is 2. The summed E-state index contributed by atoms with van der Waals surface area (Å²) in [5.41, 5.74) is 2.10. The number of hydrogen-bond donors (Lipinski definition) is 2. The monoisotopic (exact) mass is 382 g/mol. The maximum Gasteiger partial charge on any atom is 0.224 e. The lowest BCUT2D eigenvalue weighted by Gasteiger charge is -2.11. The molecule has 3 aromatic rings. The summed E-state index contributed by atoms with van der Waals surface area (Å²) in [7, 11) is 3.23. The van der Waals surface area contributed by atoms with Crippen molar-refractivity contribution in [1.82, 2.24) is 9.97 Å². The van der Waals surface area contributed by atoms with Crippen LogP contribution in [0.25, 0.3) is 0 Å². The summed E-state index contributed by atoms with van der Waals surface area (Å²) in [6, 6.07) is 14.1. The number of rotatable bonds is 9. The Balaban J connectivity index is 1.53. The molecule has 1 heterocycles. The van der Waals surface area contributed by atoms with E-state index in [0.717, 1.165) is 17.5 Å². The van der Waals surface area contributed by atoms with E-state index in [4.69, 9.17) is 9.47 Å². The standard InChI is InChI=1S/C21H23FN4O2/c1-27-18-8-5-16(13-19(18)28-2)14-25-20-10-12-24-21(26-20)23-11-9-15-3-6-17(22)7-4-15/h3-8,10,12-13H,9,11,14H2,1-2H3,(H2,23,24,25,26). The molecule has 0 amide bonds. The number of benzene rings is 2. The van der Waals surface area contributed by atoms with Gasteiger partial charge in [-0.25, -0.2) is 9.37 Å². The molecule has 0 atom stereocenters. The Bertz CT molecular complexity index is 903. The van der Waals surface area contributed by atoms with E-state index in [2.05, 4.69) is 20.6 Å². The van der Waals surface area contributed by atoms with Gasteiger partial charge in [0.05, 0.1) is 14.2 Å². The SMILES string of the molecule is COc1ccc(CNc2ccnc(NCCc3ccc(F)cc3)n2)cc1OC. The topological polar surface area (TPSA) is 68.3 Å². The number of aromatic nitrogens is 2. The van der Waals surface area contributed by atoms with E-state index in [-0.39, 0.29) is 5.82 Å².